The van der Waals surface area contributed by atoms with Gasteiger partial charge in [0.25, 0.3) is 0 Å². The average Bonchev–Trinajstić information content (AvgIpc) is 2.69. The van der Waals surface area contributed by atoms with Crippen LogP contribution in [0.5, 0.6) is 5.75 Å². The van der Waals surface area contributed by atoms with Crippen LogP contribution < -0.4 is 4.74 Å². The number of esters is 1. The molecule has 1 aromatic rings. The Morgan fingerprint density at radius 1 is 1.27 bits per heavy atom. The SMILES string of the molecule is COC(=O)COc1ccc(/C=C/C2CCN(C(=O)OC(C)(C)C)CC2)cc1[N+](=O)[O-]. The number of likely N-dealkylation sites (tertiary alicyclic amines) is 1. The molecule has 1 saturated heterocycles. The largest absolute Gasteiger partial charge is 0.475 e. The summed E-state index contributed by atoms with van der Waals surface area (Å²) in [6.45, 7) is 6.32. The third-order valence-corrected chi connectivity index (χ3v) is 4.51. The zero-order valence-corrected chi connectivity index (χ0v) is 17.8. The van der Waals surface area contributed by atoms with Crippen LogP contribution in [-0.4, -0.2) is 54.3 Å². The topological polar surface area (TPSA) is 108 Å². The summed E-state index contributed by atoms with van der Waals surface area (Å²) >= 11 is 0. The fraction of sp³-hybridized carbons (Fsp3) is 0.524. The van der Waals surface area contributed by atoms with Gasteiger partial charge in [0.15, 0.2) is 12.4 Å². The zero-order chi connectivity index (χ0) is 22.3. The number of carbonyl (C=O) groups is 2. The van der Waals surface area contributed by atoms with Gasteiger partial charge in [-0.05, 0) is 51.2 Å². The molecule has 1 aliphatic rings. The van der Waals surface area contributed by atoms with Crippen LogP contribution in [-0.2, 0) is 14.3 Å². The van der Waals surface area contributed by atoms with Crippen LogP contribution in [0.3, 0.4) is 0 Å². The Kier molecular flexibility index (Phi) is 7.79. The summed E-state index contributed by atoms with van der Waals surface area (Å²) in [5, 5.41) is 11.3. The normalized spacial score (nSPS) is 15.1. The summed E-state index contributed by atoms with van der Waals surface area (Å²) in [5.41, 5.74) is -0.0857. The molecule has 1 fully saturated rings. The van der Waals surface area contributed by atoms with Gasteiger partial charge in [0.1, 0.15) is 5.60 Å². The molecule has 0 unspecified atom stereocenters. The van der Waals surface area contributed by atoms with Crippen LogP contribution in [0.25, 0.3) is 6.08 Å². The summed E-state index contributed by atoms with van der Waals surface area (Å²) in [7, 11) is 1.21. The zero-order valence-electron chi connectivity index (χ0n) is 17.8. The van der Waals surface area contributed by atoms with Crippen LogP contribution in [0.1, 0.15) is 39.2 Å². The number of methoxy groups -OCH3 is 1. The third kappa shape index (κ3) is 7.06. The Balaban J connectivity index is 1.96. The first-order valence-electron chi connectivity index (χ1n) is 9.73. The van der Waals surface area contributed by atoms with E-state index in [1.165, 1.54) is 19.2 Å². The van der Waals surface area contributed by atoms with Crippen LogP contribution in [0, 0.1) is 16.0 Å². The molecule has 1 aliphatic heterocycles. The van der Waals surface area contributed by atoms with E-state index in [9.17, 15) is 19.7 Å². The molecule has 2 rings (SSSR count). The molecule has 1 aromatic carbocycles. The highest BCUT2D eigenvalue weighted by molar-refractivity contribution is 5.71. The third-order valence-electron chi connectivity index (χ3n) is 4.51. The number of rotatable bonds is 6. The van der Waals surface area contributed by atoms with Crippen molar-refractivity contribution in [1.29, 1.82) is 0 Å². The van der Waals surface area contributed by atoms with E-state index in [1.54, 1.807) is 11.0 Å². The van der Waals surface area contributed by atoms with Crippen molar-refractivity contribution in [3.05, 3.63) is 40.0 Å². The smallest absolute Gasteiger partial charge is 0.410 e. The number of ether oxygens (including phenoxy) is 3. The van der Waals surface area contributed by atoms with Crippen LogP contribution in [0.15, 0.2) is 24.3 Å². The van der Waals surface area contributed by atoms with Crippen molar-refractivity contribution in [2.24, 2.45) is 5.92 Å². The maximum Gasteiger partial charge on any atom is 0.410 e. The molecule has 1 amide bonds. The predicted octanol–water partition coefficient (Wildman–Crippen LogP) is 3.81. The molecule has 30 heavy (non-hydrogen) atoms. The van der Waals surface area contributed by atoms with Crippen molar-refractivity contribution in [3.63, 3.8) is 0 Å². The Bertz CT molecular complexity index is 806. The number of nitro benzene ring substituents is 1. The fourth-order valence-electron chi connectivity index (χ4n) is 2.95. The van der Waals surface area contributed by atoms with E-state index in [0.717, 1.165) is 12.8 Å². The molecular weight excluding hydrogens is 392 g/mol. The summed E-state index contributed by atoms with van der Waals surface area (Å²) in [6.07, 6.45) is 5.10. The lowest BCUT2D eigenvalue weighted by Gasteiger charge is -2.32. The van der Waals surface area contributed by atoms with E-state index >= 15 is 0 Å². The molecule has 9 nitrogen and oxygen atoms in total. The van der Waals surface area contributed by atoms with Gasteiger partial charge in [-0.3, -0.25) is 10.1 Å². The Morgan fingerprint density at radius 2 is 1.93 bits per heavy atom. The standard InChI is InChI=1S/C21H28N2O7/c1-21(2,3)30-20(25)22-11-9-15(10-12-22)5-6-16-7-8-18(17(13-16)23(26)27)29-14-19(24)28-4/h5-8,13,15H,9-12,14H2,1-4H3/b6-5+. The Labute approximate surface area is 175 Å². The van der Waals surface area contributed by atoms with Gasteiger partial charge < -0.3 is 19.1 Å². The molecule has 1 heterocycles. The van der Waals surface area contributed by atoms with Crippen molar-refractivity contribution < 1.29 is 28.7 Å². The second-order valence-corrected chi connectivity index (χ2v) is 8.01. The molecule has 9 heteroatoms. The summed E-state index contributed by atoms with van der Waals surface area (Å²) in [6, 6.07) is 4.55. The van der Waals surface area contributed by atoms with E-state index in [-0.39, 0.29) is 23.4 Å². The van der Waals surface area contributed by atoms with Crippen LogP contribution >= 0.6 is 0 Å². The lowest BCUT2D eigenvalue weighted by atomic mass is 9.96. The number of nitro groups is 1. The molecule has 0 N–H and O–H groups in total. The summed E-state index contributed by atoms with van der Waals surface area (Å²) < 4.78 is 15.0. The van der Waals surface area contributed by atoms with Crippen molar-refractivity contribution in [2.45, 2.75) is 39.2 Å². The number of hydrogen-bond acceptors (Lipinski definition) is 7. The van der Waals surface area contributed by atoms with Crippen molar-refractivity contribution >= 4 is 23.8 Å². The monoisotopic (exact) mass is 420 g/mol. The molecule has 0 atom stereocenters. The number of piperidine rings is 1. The molecule has 0 saturated carbocycles. The van der Waals surface area contributed by atoms with Gasteiger partial charge in [0.05, 0.1) is 12.0 Å². The van der Waals surface area contributed by atoms with Gasteiger partial charge >= 0.3 is 17.7 Å². The first-order chi connectivity index (χ1) is 14.1. The van der Waals surface area contributed by atoms with Gasteiger partial charge in [-0.1, -0.05) is 18.2 Å². The molecule has 164 valence electrons. The van der Waals surface area contributed by atoms with Crippen LogP contribution in [0.2, 0.25) is 0 Å². The molecular formula is C21H28N2O7. The highest BCUT2D eigenvalue weighted by Gasteiger charge is 2.26. The maximum absolute atomic E-state index is 12.1. The minimum absolute atomic E-state index is 0.00761. The number of allylic oxidation sites excluding steroid dienone is 1. The van der Waals surface area contributed by atoms with Gasteiger partial charge in [-0.15, -0.1) is 0 Å². The second-order valence-electron chi connectivity index (χ2n) is 8.01. The summed E-state index contributed by atoms with van der Waals surface area (Å²) in [4.78, 5) is 35.8. The van der Waals surface area contributed by atoms with E-state index in [1.807, 2.05) is 32.9 Å². The number of nitrogens with zero attached hydrogens (tertiary/aromatic N) is 2. The number of hydrogen-bond donors (Lipinski definition) is 0. The molecule has 0 bridgehead atoms. The molecule has 0 aliphatic carbocycles. The minimum atomic E-state index is -0.619. The first kappa shape index (κ1) is 23.2. The van der Waals surface area contributed by atoms with Crippen molar-refractivity contribution in [2.75, 3.05) is 26.8 Å². The lowest BCUT2D eigenvalue weighted by Crippen LogP contribution is -2.41. The van der Waals surface area contributed by atoms with Crippen molar-refractivity contribution in [3.8, 4) is 5.75 Å². The predicted molar refractivity (Wildman–Crippen MR) is 110 cm³/mol. The first-order valence-corrected chi connectivity index (χ1v) is 9.73. The van der Waals surface area contributed by atoms with E-state index < -0.39 is 23.1 Å². The quantitative estimate of drug-likeness (QED) is 0.391. The Morgan fingerprint density at radius 3 is 2.50 bits per heavy atom. The van der Waals surface area contributed by atoms with Gasteiger partial charge in [0, 0.05) is 19.2 Å². The highest BCUT2D eigenvalue weighted by Crippen LogP contribution is 2.29. The van der Waals surface area contributed by atoms with E-state index in [2.05, 4.69) is 4.74 Å². The summed E-state index contributed by atoms with van der Waals surface area (Å²) in [5.74, 6) is -0.350. The Hall–Kier alpha value is -3.10. The maximum atomic E-state index is 12.1. The minimum Gasteiger partial charge on any atom is -0.475 e. The van der Waals surface area contributed by atoms with Crippen LogP contribution in [0.4, 0.5) is 10.5 Å². The lowest BCUT2D eigenvalue weighted by molar-refractivity contribution is -0.385. The van der Waals surface area contributed by atoms with Gasteiger partial charge in [-0.2, -0.15) is 0 Å². The molecule has 0 aromatic heterocycles. The molecule has 0 radical (unpaired) electrons. The van der Waals surface area contributed by atoms with Gasteiger partial charge in [0.2, 0.25) is 0 Å². The van der Waals surface area contributed by atoms with E-state index in [4.69, 9.17) is 9.47 Å². The van der Waals surface area contributed by atoms with Crippen molar-refractivity contribution in [1.82, 2.24) is 4.90 Å². The fourth-order valence-corrected chi connectivity index (χ4v) is 2.95. The average molecular weight is 420 g/mol. The second kappa shape index (κ2) is 10.1. The molecule has 0 spiro atoms. The number of carbonyl (C=O) groups excluding carboxylic acids is 2. The number of amides is 1. The van der Waals surface area contributed by atoms with Gasteiger partial charge in [-0.25, -0.2) is 9.59 Å². The van der Waals surface area contributed by atoms with E-state index in [0.29, 0.717) is 18.7 Å². The highest BCUT2D eigenvalue weighted by atomic mass is 16.6. The number of benzene rings is 1.